The topological polar surface area (TPSA) is 127 Å². The molecule has 15 heavy (non-hydrogen) atoms. The van der Waals surface area contributed by atoms with Gasteiger partial charge in [-0.3, -0.25) is 14.4 Å². The van der Waals surface area contributed by atoms with Crippen LogP contribution in [-0.4, -0.2) is 31.6 Å². The minimum absolute atomic E-state index is 0.151. The zero-order valence-electron chi connectivity index (χ0n) is 8.57. The van der Waals surface area contributed by atoms with E-state index in [-0.39, 0.29) is 12.5 Å². The average molecular weight is 261 g/mol. The molecule has 0 aromatic rings. The summed E-state index contributed by atoms with van der Waals surface area (Å²) in [4.78, 5) is 34.9. The van der Waals surface area contributed by atoms with Crippen LogP contribution >= 0.6 is 15.2 Å². The standard InChI is InChI=1S/C6H17NO6P2/c1-5(2)3-4-7-6(14(8,9)10)15(11,12)13/h5-7H,3-4H2,1-2H3,(H2,8,9,10)(H2,11,12,13). The molecule has 0 heterocycles. The predicted molar refractivity (Wildman–Crippen MR) is 55.3 cm³/mol. The molecule has 5 N–H and O–H groups in total. The molecular weight excluding hydrogens is 244 g/mol. The van der Waals surface area contributed by atoms with E-state index in [9.17, 15) is 9.13 Å². The average Bonchev–Trinajstić information content (AvgIpc) is 1.92. The summed E-state index contributed by atoms with van der Waals surface area (Å²) in [5, 5.41) is 2.20. The zero-order chi connectivity index (χ0) is 12.3. The van der Waals surface area contributed by atoms with E-state index in [1.54, 1.807) is 0 Å². The van der Waals surface area contributed by atoms with Crippen molar-refractivity contribution in [3.8, 4) is 0 Å². The Morgan fingerprint density at radius 2 is 1.47 bits per heavy atom. The molecule has 0 aliphatic rings. The van der Waals surface area contributed by atoms with Crippen molar-refractivity contribution in [1.82, 2.24) is 5.32 Å². The normalized spacial score (nSPS) is 13.9. The Morgan fingerprint density at radius 1 is 1.07 bits per heavy atom. The van der Waals surface area contributed by atoms with Gasteiger partial charge in [0.2, 0.25) is 5.52 Å². The third-order valence-electron chi connectivity index (χ3n) is 1.69. The van der Waals surface area contributed by atoms with Gasteiger partial charge in [0.15, 0.2) is 0 Å². The monoisotopic (exact) mass is 261 g/mol. The van der Waals surface area contributed by atoms with Crippen LogP contribution in [0, 0.1) is 5.92 Å². The van der Waals surface area contributed by atoms with Gasteiger partial charge >= 0.3 is 15.2 Å². The van der Waals surface area contributed by atoms with Crippen molar-refractivity contribution in [3.63, 3.8) is 0 Å². The molecule has 0 bridgehead atoms. The molecule has 0 spiro atoms. The molecule has 7 nitrogen and oxygen atoms in total. The maximum atomic E-state index is 10.8. The molecule has 0 saturated carbocycles. The van der Waals surface area contributed by atoms with Gasteiger partial charge in [-0.25, -0.2) is 0 Å². The van der Waals surface area contributed by atoms with E-state index < -0.39 is 20.7 Å². The van der Waals surface area contributed by atoms with Crippen LogP contribution in [0.4, 0.5) is 0 Å². The predicted octanol–water partition coefficient (Wildman–Crippen LogP) is 0.261. The minimum atomic E-state index is -4.83. The van der Waals surface area contributed by atoms with Crippen LogP contribution < -0.4 is 5.32 Å². The van der Waals surface area contributed by atoms with Gasteiger partial charge in [0.1, 0.15) is 0 Å². The van der Waals surface area contributed by atoms with Crippen LogP contribution in [0.15, 0.2) is 0 Å². The Morgan fingerprint density at radius 3 is 1.73 bits per heavy atom. The van der Waals surface area contributed by atoms with E-state index in [1.165, 1.54) is 0 Å². The molecule has 0 aliphatic heterocycles. The van der Waals surface area contributed by atoms with Gasteiger partial charge in [-0.15, -0.1) is 0 Å². The fourth-order valence-electron chi connectivity index (χ4n) is 0.935. The molecule has 0 amide bonds. The molecule has 0 aromatic heterocycles. The number of hydrogen-bond donors (Lipinski definition) is 5. The first-order valence-electron chi connectivity index (χ1n) is 4.39. The lowest BCUT2D eigenvalue weighted by atomic mass is 10.1. The van der Waals surface area contributed by atoms with Crippen LogP contribution in [0.25, 0.3) is 0 Å². The van der Waals surface area contributed by atoms with E-state index in [1.807, 2.05) is 13.8 Å². The fourth-order valence-corrected chi connectivity index (χ4v) is 3.24. The van der Waals surface area contributed by atoms with Gasteiger partial charge in [-0.1, -0.05) is 13.8 Å². The van der Waals surface area contributed by atoms with Gasteiger partial charge in [0, 0.05) is 0 Å². The van der Waals surface area contributed by atoms with Crippen LogP contribution in [0.2, 0.25) is 0 Å². The van der Waals surface area contributed by atoms with Gasteiger partial charge < -0.3 is 19.6 Å². The second kappa shape index (κ2) is 5.55. The van der Waals surface area contributed by atoms with Crippen LogP contribution in [0.3, 0.4) is 0 Å². The van der Waals surface area contributed by atoms with Crippen molar-refractivity contribution in [3.05, 3.63) is 0 Å². The summed E-state index contributed by atoms with van der Waals surface area (Å²) in [5.41, 5.74) is -2.09. The van der Waals surface area contributed by atoms with Crippen molar-refractivity contribution in [2.45, 2.75) is 25.8 Å². The Kier molecular flexibility index (Phi) is 5.64. The summed E-state index contributed by atoms with van der Waals surface area (Å²) >= 11 is 0. The third kappa shape index (κ3) is 6.43. The molecule has 0 radical (unpaired) electrons. The molecule has 0 aliphatic carbocycles. The third-order valence-corrected chi connectivity index (χ3v) is 5.13. The summed E-state index contributed by atoms with van der Waals surface area (Å²) in [7, 11) is -9.66. The highest BCUT2D eigenvalue weighted by atomic mass is 31.2. The first kappa shape index (κ1) is 15.3. The number of rotatable bonds is 6. The molecule has 92 valence electrons. The first-order chi connectivity index (χ1) is 6.55. The smallest absolute Gasteiger partial charge is 0.323 e. The lowest BCUT2D eigenvalue weighted by Crippen LogP contribution is -2.30. The number of hydrogen-bond acceptors (Lipinski definition) is 3. The summed E-state index contributed by atoms with van der Waals surface area (Å²) in [6.07, 6.45) is 0.580. The van der Waals surface area contributed by atoms with Crippen molar-refractivity contribution < 1.29 is 28.7 Å². The van der Waals surface area contributed by atoms with Crippen molar-refractivity contribution in [1.29, 1.82) is 0 Å². The Hall–Kier alpha value is 0.260. The van der Waals surface area contributed by atoms with Crippen molar-refractivity contribution >= 4 is 15.2 Å². The Balaban J connectivity index is 4.43. The van der Waals surface area contributed by atoms with Gasteiger partial charge in [-0.2, -0.15) is 0 Å². The quantitative estimate of drug-likeness (QED) is 0.434. The maximum Gasteiger partial charge on any atom is 0.354 e. The van der Waals surface area contributed by atoms with Gasteiger partial charge in [0.25, 0.3) is 0 Å². The minimum Gasteiger partial charge on any atom is -0.323 e. The fraction of sp³-hybridized carbons (Fsp3) is 1.00. The first-order valence-corrected chi connectivity index (χ1v) is 7.75. The Bertz CT molecular complexity index is 259. The van der Waals surface area contributed by atoms with E-state index in [0.717, 1.165) is 0 Å². The summed E-state index contributed by atoms with van der Waals surface area (Å²) in [6, 6.07) is 0. The van der Waals surface area contributed by atoms with Gasteiger partial charge in [-0.05, 0) is 18.9 Å². The second-order valence-corrected chi connectivity index (χ2v) is 7.49. The molecule has 0 rings (SSSR count). The maximum absolute atomic E-state index is 10.8. The van der Waals surface area contributed by atoms with E-state index in [2.05, 4.69) is 5.32 Å². The number of nitrogens with one attached hydrogen (secondary N) is 1. The molecule has 0 aromatic carbocycles. The van der Waals surface area contributed by atoms with Crippen LogP contribution in [-0.2, 0) is 9.13 Å². The lowest BCUT2D eigenvalue weighted by molar-refractivity contribution is 0.326. The van der Waals surface area contributed by atoms with Gasteiger partial charge in [0.05, 0.1) is 0 Å². The van der Waals surface area contributed by atoms with Crippen LogP contribution in [0.5, 0.6) is 0 Å². The highest BCUT2D eigenvalue weighted by molar-refractivity contribution is 7.70. The summed E-state index contributed by atoms with van der Waals surface area (Å²) in [6.45, 7) is 3.94. The molecule has 0 fully saturated rings. The second-order valence-electron chi connectivity index (χ2n) is 3.69. The highest BCUT2D eigenvalue weighted by Crippen LogP contribution is 2.58. The zero-order valence-corrected chi connectivity index (χ0v) is 10.4. The largest absolute Gasteiger partial charge is 0.354 e. The Labute approximate surface area is 88.2 Å². The highest BCUT2D eigenvalue weighted by Gasteiger charge is 2.42. The molecular formula is C6H17NO6P2. The SMILES string of the molecule is CC(C)CCNC(P(=O)(O)O)P(=O)(O)O. The van der Waals surface area contributed by atoms with Crippen LogP contribution in [0.1, 0.15) is 20.3 Å². The van der Waals surface area contributed by atoms with Crippen molar-refractivity contribution in [2.75, 3.05) is 6.54 Å². The van der Waals surface area contributed by atoms with E-state index in [0.29, 0.717) is 6.42 Å². The summed E-state index contributed by atoms with van der Waals surface area (Å²) < 4.78 is 21.6. The lowest BCUT2D eigenvalue weighted by Gasteiger charge is -2.21. The molecule has 0 saturated heterocycles. The summed E-state index contributed by atoms with van der Waals surface area (Å²) in [5.74, 6) is 0.284. The van der Waals surface area contributed by atoms with E-state index in [4.69, 9.17) is 19.6 Å². The van der Waals surface area contributed by atoms with Crippen molar-refractivity contribution in [2.24, 2.45) is 5.92 Å². The van der Waals surface area contributed by atoms with E-state index >= 15 is 0 Å². The molecule has 0 atom stereocenters. The molecule has 0 unspecified atom stereocenters. The molecule has 9 heteroatoms.